The van der Waals surface area contributed by atoms with Crippen molar-refractivity contribution in [3.05, 3.63) is 29.6 Å². The molecular formula is C13H21FN2O2S. The van der Waals surface area contributed by atoms with E-state index in [9.17, 15) is 12.8 Å². The predicted molar refractivity (Wildman–Crippen MR) is 73.6 cm³/mol. The van der Waals surface area contributed by atoms with Gasteiger partial charge in [-0.1, -0.05) is 25.8 Å². The summed E-state index contributed by atoms with van der Waals surface area (Å²) in [5.41, 5.74) is 5.49. The molecule has 4 nitrogen and oxygen atoms in total. The van der Waals surface area contributed by atoms with Crippen LogP contribution in [0, 0.1) is 5.82 Å². The van der Waals surface area contributed by atoms with Crippen molar-refractivity contribution in [3.63, 3.8) is 0 Å². The van der Waals surface area contributed by atoms with Gasteiger partial charge in [0, 0.05) is 25.7 Å². The predicted octanol–water partition coefficient (Wildman–Crippen LogP) is 2.10. The number of sulfonamides is 1. The molecule has 0 unspecified atom stereocenters. The third-order valence-electron chi connectivity index (χ3n) is 3.04. The molecule has 0 fully saturated rings. The van der Waals surface area contributed by atoms with Crippen LogP contribution in [0.15, 0.2) is 23.1 Å². The molecule has 0 spiro atoms. The summed E-state index contributed by atoms with van der Waals surface area (Å²) in [7, 11) is -2.16. The maximum Gasteiger partial charge on any atom is 0.243 e. The summed E-state index contributed by atoms with van der Waals surface area (Å²) in [4.78, 5) is -0.0333. The average molecular weight is 288 g/mol. The number of nitrogens with two attached hydrogens (primary N) is 1. The van der Waals surface area contributed by atoms with E-state index in [1.54, 1.807) is 0 Å². The van der Waals surface area contributed by atoms with Crippen LogP contribution in [0.3, 0.4) is 0 Å². The molecule has 1 aromatic rings. The molecule has 19 heavy (non-hydrogen) atoms. The SMILES string of the molecule is CCCCCN(C)S(=O)(=O)c1cccc(F)c1CN. The summed E-state index contributed by atoms with van der Waals surface area (Å²) in [6.45, 7) is 2.34. The highest BCUT2D eigenvalue weighted by atomic mass is 32.2. The number of benzene rings is 1. The van der Waals surface area contributed by atoms with Gasteiger partial charge in [-0.15, -0.1) is 0 Å². The van der Waals surface area contributed by atoms with Gasteiger partial charge in [0.05, 0.1) is 4.90 Å². The summed E-state index contributed by atoms with van der Waals surface area (Å²) in [5, 5.41) is 0. The van der Waals surface area contributed by atoms with Crippen molar-refractivity contribution in [1.82, 2.24) is 4.31 Å². The van der Waals surface area contributed by atoms with Gasteiger partial charge in [0.1, 0.15) is 5.82 Å². The van der Waals surface area contributed by atoms with Crippen LogP contribution >= 0.6 is 0 Å². The zero-order chi connectivity index (χ0) is 14.5. The Balaban J connectivity index is 3.03. The summed E-state index contributed by atoms with van der Waals surface area (Å²) in [6, 6.07) is 4.01. The Morgan fingerprint density at radius 2 is 2.00 bits per heavy atom. The van der Waals surface area contributed by atoms with Crippen LogP contribution in [0.25, 0.3) is 0 Å². The molecule has 0 bridgehead atoms. The lowest BCUT2D eigenvalue weighted by atomic mass is 10.2. The van der Waals surface area contributed by atoms with Crippen LogP contribution in [-0.4, -0.2) is 26.3 Å². The minimum absolute atomic E-state index is 0.0333. The quantitative estimate of drug-likeness (QED) is 0.781. The van der Waals surface area contributed by atoms with Gasteiger partial charge in [0.2, 0.25) is 10.0 Å². The van der Waals surface area contributed by atoms with Crippen LogP contribution in [0.5, 0.6) is 0 Å². The molecule has 0 aliphatic rings. The minimum atomic E-state index is -3.67. The van der Waals surface area contributed by atoms with Crippen LogP contribution in [-0.2, 0) is 16.6 Å². The number of unbranched alkanes of at least 4 members (excludes halogenated alkanes) is 2. The van der Waals surface area contributed by atoms with E-state index in [4.69, 9.17) is 5.73 Å². The van der Waals surface area contributed by atoms with E-state index in [1.165, 1.54) is 29.6 Å². The lowest BCUT2D eigenvalue weighted by Crippen LogP contribution is -2.29. The lowest BCUT2D eigenvalue weighted by Gasteiger charge is -2.19. The van der Waals surface area contributed by atoms with Gasteiger partial charge in [-0.05, 0) is 18.6 Å². The molecule has 0 saturated carbocycles. The van der Waals surface area contributed by atoms with Crippen LogP contribution in [0.2, 0.25) is 0 Å². The molecule has 0 saturated heterocycles. The van der Waals surface area contributed by atoms with Crippen molar-refractivity contribution in [2.24, 2.45) is 5.73 Å². The van der Waals surface area contributed by atoms with Crippen molar-refractivity contribution in [2.75, 3.05) is 13.6 Å². The van der Waals surface area contributed by atoms with Gasteiger partial charge in [-0.3, -0.25) is 0 Å². The van der Waals surface area contributed by atoms with Crippen molar-refractivity contribution in [1.29, 1.82) is 0 Å². The monoisotopic (exact) mass is 288 g/mol. The molecule has 108 valence electrons. The van der Waals surface area contributed by atoms with Gasteiger partial charge >= 0.3 is 0 Å². The van der Waals surface area contributed by atoms with E-state index in [0.717, 1.165) is 19.3 Å². The van der Waals surface area contributed by atoms with Crippen molar-refractivity contribution >= 4 is 10.0 Å². The van der Waals surface area contributed by atoms with E-state index >= 15 is 0 Å². The molecule has 2 N–H and O–H groups in total. The number of halogens is 1. The van der Waals surface area contributed by atoms with E-state index in [0.29, 0.717) is 6.54 Å². The maximum atomic E-state index is 13.6. The molecular weight excluding hydrogens is 267 g/mol. The Bertz CT molecular complexity index is 517. The summed E-state index contributed by atoms with van der Waals surface area (Å²) in [5.74, 6) is -0.578. The van der Waals surface area contributed by atoms with E-state index in [2.05, 4.69) is 0 Å². The molecule has 1 aromatic carbocycles. The standard InChI is InChI=1S/C13H21FN2O2S/c1-3-4-5-9-16(2)19(17,18)13-8-6-7-12(14)11(13)10-15/h6-8H,3-5,9-10,15H2,1-2H3. The molecule has 0 aromatic heterocycles. The summed E-state index contributed by atoms with van der Waals surface area (Å²) < 4.78 is 39.6. The first kappa shape index (κ1) is 16.1. The van der Waals surface area contributed by atoms with Crippen LogP contribution in [0.4, 0.5) is 4.39 Å². The minimum Gasteiger partial charge on any atom is -0.326 e. The number of rotatable bonds is 7. The zero-order valence-corrected chi connectivity index (χ0v) is 12.2. The second kappa shape index (κ2) is 6.98. The highest BCUT2D eigenvalue weighted by molar-refractivity contribution is 7.89. The first-order valence-electron chi connectivity index (χ1n) is 6.39. The maximum absolute atomic E-state index is 13.6. The Hall–Kier alpha value is -0.980. The van der Waals surface area contributed by atoms with E-state index in [-0.39, 0.29) is 17.0 Å². The highest BCUT2D eigenvalue weighted by Gasteiger charge is 2.24. The summed E-state index contributed by atoms with van der Waals surface area (Å²) in [6.07, 6.45) is 2.77. The normalized spacial score (nSPS) is 12.1. The third-order valence-corrected chi connectivity index (χ3v) is 4.99. The van der Waals surface area contributed by atoms with Gasteiger partial charge in [0.15, 0.2) is 0 Å². The Kier molecular flexibility index (Phi) is 5.90. The first-order chi connectivity index (χ1) is 8.95. The Morgan fingerprint density at radius 3 is 2.58 bits per heavy atom. The lowest BCUT2D eigenvalue weighted by molar-refractivity contribution is 0.452. The second-order valence-electron chi connectivity index (χ2n) is 4.45. The van der Waals surface area contributed by atoms with E-state index in [1.807, 2.05) is 6.92 Å². The molecule has 1 rings (SSSR count). The van der Waals surface area contributed by atoms with Crippen molar-refractivity contribution in [2.45, 2.75) is 37.6 Å². The fourth-order valence-corrected chi connectivity index (χ4v) is 3.30. The molecule has 0 aliphatic carbocycles. The largest absolute Gasteiger partial charge is 0.326 e. The average Bonchev–Trinajstić information content (AvgIpc) is 2.38. The van der Waals surface area contributed by atoms with E-state index < -0.39 is 15.8 Å². The number of hydrogen-bond acceptors (Lipinski definition) is 3. The van der Waals surface area contributed by atoms with Gasteiger partial charge in [-0.25, -0.2) is 17.1 Å². The molecule has 0 atom stereocenters. The number of nitrogens with zero attached hydrogens (tertiary/aromatic N) is 1. The molecule has 0 aliphatic heterocycles. The molecule has 0 radical (unpaired) electrons. The van der Waals surface area contributed by atoms with Gasteiger partial charge < -0.3 is 5.73 Å². The molecule has 0 heterocycles. The first-order valence-corrected chi connectivity index (χ1v) is 7.83. The van der Waals surface area contributed by atoms with Gasteiger partial charge in [-0.2, -0.15) is 0 Å². The smallest absolute Gasteiger partial charge is 0.243 e. The van der Waals surface area contributed by atoms with Crippen LogP contribution in [0.1, 0.15) is 31.7 Å². The number of hydrogen-bond donors (Lipinski definition) is 1. The third kappa shape index (κ3) is 3.75. The fraction of sp³-hybridized carbons (Fsp3) is 0.538. The topological polar surface area (TPSA) is 63.4 Å². The van der Waals surface area contributed by atoms with Crippen LogP contribution < -0.4 is 5.73 Å². The Labute approximate surface area is 114 Å². The second-order valence-corrected chi connectivity index (χ2v) is 6.47. The summed E-state index contributed by atoms with van der Waals surface area (Å²) >= 11 is 0. The highest BCUT2D eigenvalue weighted by Crippen LogP contribution is 2.21. The van der Waals surface area contributed by atoms with Gasteiger partial charge in [0.25, 0.3) is 0 Å². The molecule has 6 heteroatoms. The van der Waals surface area contributed by atoms with Crippen molar-refractivity contribution < 1.29 is 12.8 Å². The molecule has 0 amide bonds. The fourth-order valence-electron chi connectivity index (χ4n) is 1.85. The van der Waals surface area contributed by atoms with Crippen molar-refractivity contribution in [3.8, 4) is 0 Å². The Morgan fingerprint density at radius 1 is 1.32 bits per heavy atom. The zero-order valence-electron chi connectivity index (χ0n) is 11.4.